The first-order valence-corrected chi connectivity index (χ1v) is 7.01. The molecule has 0 spiro atoms. The van der Waals surface area contributed by atoms with E-state index in [1.165, 1.54) is 23.0 Å². The van der Waals surface area contributed by atoms with Crippen molar-refractivity contribution in [1.82, 2.24) is 19.9 Å². The van der Waals surface area contributed by atoms with Gasteiger partial charge < -0.3 is 0 Å². The molecule has 5 nitrogen and oxygen atoms in total. The van der Waals surface area contributed by atoms with Gasteiger partial charge in [0, 0.05) is 23.5 Å². The summed E-state index contributed by atoms with van der Waals surface area (Å²) < 4.78 is 15.4. The molecule has 8 heteroatoms. The van der Waals surface area contributed by atoms with E-state index in [1.807, 2.05) is 0 Å². The molecule has 0 aliphatic rings. The van der Waals surface area contributed by atoms with Crippen molar-refractivity contribution < 1.29 is 4.39 Å². The fourth-order valence-electron chi connectivity index (χ4n) is 1.84. The molecule has 0 aliphatic heterocycles. The van der Waals surface area contributed by atoms with Crippen molar-refractivity contribution in [2.45, 2.75) is 0 Å². The van der Waals surface area contributed by atoms with E-state index < -0.39 is 5.82 Å². The highest BCUT2D eigenvalue weighted by Crippen LogP contribution is 2.18. The van der Waals surface area contributed by atoms with Crippen LogP contribution in [0.4, 0.5) is 4.39 Å². The van der Waals surface area contributed by atoms with Gasteiger partial charge in [-0.1, -0.05) is 17.7 Å². The average molecular weight is 334 g/mol. The summed E-state index contributed by atoms with van der Waals surface area (Å²) in [5, 5.41) is 11.2. The van der Waals surface area contributed by atoms with E-state index in [4.69, 9.17) is 23.8 Å². The summed E-state index contributed by atoms with van der Waals surface area (Å²) in [5.41, 5.74) is 0.965. The van der Waals surface area contributed by atoms with Gasteiger partial charge in [0.1, 0.15) is 5.82 Å². The number of H-pyrrole nitrogens is 1. The van der Waals surface area contributed by atoms with Gasteiger partial charge in [-0.15, -0.1) is 0 Å². The van der Waals surface area contributed by atoms with Crippen LogP contribution in [0.15, 0.2) is 47.8 Å². The van der Waals surface area contributed by atoms with E-state index in [2.05, 4.69) is 20.3 Å². The predicted octanol–water partition coefficient (Wildman–Crippen LogP) is 3.68. The first kappa shape index (κ1) is 14.6. The Morgan fingerprint density at radius 1 is 1.27 bits per heavy atom. The van der Waals surface area contributed by atoms with E-state index in [9.17, 15) is 4.39 Å². The van der Waals surface area contributed by atoms with Gasteiger partial charge in [-0.2, -0.15) is 14.9 Å². The van der Waals surface area contributed by atoms with Gasteiger partial charge in [0.2, 0.25) is 4.77 Å². The summed E-state index contributed by atoms with van der Waals surface area (Å²) in [5.74, 6) is 0.0350. The van der Waals surface area contributed by atoms with Gasteiger partial charge in [-0.25, -0.2) is 9.49 Å². The minimum absolute atomic E-state index is 0.188. The number of pyridine rings is 1. The van der Waals surface area contributed by atoms with Gasteiger partial charge in [-0.3, -0.25) is 4.98 Å². The van der Waals surface area contributed by atoms with Gasteiger partial charge in [0.05, 0.1) is 11.2 Å². The number of aromatic amines is 1. The SMILES string of the molecule is Fc1cccc(Cl)c1C=Nn1c(-c2ccncc2)n[nH]c1=S. The highest BCUT2D eigenvalue weighted by Gasteiger charge is 2.09. The Labute approximate surface area is 135 Å². The summed E-state index contributed by atoms with van der Waals surface area (Å²) in [6, 6.07) is 7.97. The maximum Gasteiger partial charge on any atom is 0.216 e. The molecule has 0 aliphatic carbocycles. The minimum Gasteiger partial charge on any atom is -0.265 e. The molecule has 0 fully saturated rings. The molecule has 2 aromatic heterocycles. The van der Waals surface area contributed by atoms with Crippen LogP contribution in [0.3, 0.4) is 0 Å². The third kappa shape index (κ3) is 2.81. The smallest absolute Gasteiger partial charge is 0.216 e. The molecule has 0 saturated heterocycles. The monoisotopic (exact) mass is 333 g/mol. The van der Waals surface area contributed by atoms with Crippen LogP contribution in [0.2, 0.25) is 5.02 Å². The van der Waals surface area contributed by atoms with Gasteiger partial charge in [0.15, 0.2) is 5.82 Å². The lowest BCUT2D eigenvalue weighted by Crippen LogP contribution is -1.97. The zero-order valence-electron chi connectivity index (χ0n) is 11.1. The van der Waals surface area contributed by atoms with E-state index in [0.717, 1.165) is 5.56 Å². The zero-order valence-corrected chi connectivity index (χ0v) is 12.6. The summed E-state index contributed by atoms with van der Waals surface area (Å²) in [7, 11) is 0. The topological polar surface area (TPSA) is 58.9 Å². The van der Waals surface area contributed by atoms with Crippen LogP contribution >= 0.6 is 23.8 Å². The van der Waals surface area contributed by atoms with Crippen molar-refractivity contribution in [3.63, 3.8) is 0 Å². The zero-order chi connectivity index (χ0) is 15.5. The summed E-state index contributed by atoms with van der Waals surface area (Å²) in [6.45, 7) is 0. The molecule has 0 saturated carbocycles. The lowest BCUT2D eigenvalue weighted by Gasteiger charge is -2.02. The average Bonchev–Trinajstić information content (AvgIpc) is 2.89. The third-order valence-corrected chi connectivity index (χ3v) is 3.48. The highest BCUT2D eigenvalue weighted by atomic mass is 35.5. The molecule has 0 bridgehead atoms. The van der Waals surface area contributed by atoms with Crippen LogP contribution < -0.4 is 0 Å². The molecule has 0 radical (unpaired) electrons. The number of hydrogen-bond acceptors (Lipinski definition) is 4. The quantitative estimate of drug-likeness (QED) is 0.587. The number of nitrogens with zero attached hydrogens (tertiary/aromatic N) is 4. The summed E-state index contributed by atoms with van der Waals surface area (Å²) >= 11 is 11.1. The largest absolute Gasteiger partial charge is 0.265 e. The lowest BCUT2D eigenvalue weighted by molar-refractivity contribution is 0.625. The Balaban J connectivity index is 2.05. The molecule has 3 rings (SSSR count). The second-order valence-electron chi connectivity index (χ2n) is 4.28. The second kappa shape index (κ2) is 6.17. The van der Waals surface area contributed by atoms with Crippen molar-refractivity contribution in [2.24, 2.45) is 5.10 Å². The Morgan fingerprint density at radius 2 is 2.05 bits per heavy atom. The van der Waals surface area contributed by atoms with Gasteiger partial charge in [-0.05, 0) is 36.5 Å². The maximum atomic E-state index is 13.8. The van der Waals surface area contributed by atoms with E-state index >= 15 is 0 Å². The van der Waals surface area contributed by atoms with Crippen molar-refractivity contribution in [3.05, 3.63) is 63.9 Å². The summed E-state index contributed by atoms with van der Waals surface area (Å²) in [4.78, 5) is 3.95. The number of benzene rings is 1. The number of nitrogens with one attached hydrogen (secondary N) is 1. The number of hydrogen-bond donors (Lipinski definition) is 1. The Kier molecular flexibility index (Phi) is 4.08. The molecule has 1 N–H and O–H groups in total. The Morgan fingerprint density at radius 3 is 2.77 bits per heavy atom. The number of aromatic nitrogens is 4. The fourth-order valence-corrected chi connectivity index (χ4v) is 2.23. The molecular formula is C14H9ClFN5S. The molecule has 3 aromatic rings. The summed E-state index contributed by atoms with van der Waals surface area (Å²) in [6.07, 6.45) is 4.58. The normalized spacial score (nSPS) is 11.2. The minimum atomic E-state index is -0.461. The van der Waals surface area contributed by atoms with Crippen LogP contribution in [0.5, 0.6) is 0 Å². The molecule has 0 amide bonds. The standard InChI is InChI=1S/C14H9ClFN5S/c15-11-2-1-3-12(16)10(11)8-18-21-13(19-20-14(21)22)9-4-6-17-7-5-9/h1-8H,(H,20,22). The van der Waals surface area contributed by atoms with Gasteiger partial charge >= 0.3 is 0 Å². The van der Waals surface area contributed by atoms with Crippen molar-refractivity contribution >= 4 is 30.0 Å². The van der Waals surface area contributed by atoms with Crippen LogP contribution in [0.25, 0.3) is 11.4 Å². The molecule has 110 valence electrons. The van der Waals surface area contributed by atoms with E-state index in [1.54, 1.807) is 30.6 Å². The Hall–Kier alpha value is -2.38. The maximum absolute atomic E-state index is 13.8. The molecular weight excluding hydrogens is 325 g/mol. The van der Waals surface area contributed by atoms with Crippen LogP contribution in [0.1, 0.15) is 5.56 Å². The first-order chi connectivity index (χ1) is 10.7. The van der Waals surface area contributed by atoms with Gasteiger partial charge in [0.25, 0.3) is 0 Å². The lowest BCUT2D eigenvalue weighted by atomic mass is 10.2. The van der Waals surface area contributed by atoms with Crippen LogP contribution in [-0.2, 0) is 0 Å². The fraction of sp³-hybridized carbons (Fsp3) is 0. The van der Waals surface area contributed by atoms with E-state index in [0.29, 0.717) is 5.82 Å². The second-order valence-corrected chi connectivity index (χ2v) is 5.07. The molecule has 0 unspecified atom stereocenters. The van der Waals surface area contributed by atoms with Crippen LogP contribution in [-0.4, -0.2) is 26.1 Å². The first-order valence-electron chi connectivity index (χ1n) is 6.23. The third-order valence-electron chi connectivity index (χ3n) is 2.89. The molecule has 0 atom stereocenters. The van der Waals surface area contributed by atoms with Crippen LogP contribution in [0, 0.1) is 10.6 Å². The van der Waals surface area contributed by atoms with Crippen molar-refractivity contribution in [2.75, 3.05) is 0 Å². The predicted molar refractivity (Wildman–Crippen MR) is 85.0 cm³/mol. The molecule has 2 heterocycles. The number of rotatable bonds is 3. The van der Waals surface area contributed by atoms with Crippen molar-refractivity contribution in [3.8, 4) is 11.4 Å². The molecule has 1 aromatic carbocycles. The van der Waals surface area contributed by atoms with Crippen molar-refractivity contribution in [1.29, 1.82) is 0 Å². The highest BCUT2D eigenvalue weighted by molar-refractivity contribution is 7.71. The number of halogens is 2. The molecule has 22 heavy (non-hydrogen) atoms. The van der Waals surface area contributed by atoms with E-state index in [-0.39, 0.29) is 15.4 Å². The Bertz CT molecular complexity index is 867.